The summed E-state index contributed by atoms with van der Waals surface area (Å²) in [5, 5.41) is 0. The van der Waals surface area contributed by atoms with Crippen LogP contribution in [0.15, 0.2) is 18.2 Å². The highest BCUT2D eigenvalue weighted by atomic mass is 19.3. The third-order valence-electron chi connectivity index (χ3n) is 4.11. The Bertz CT molecular complexity index is 626. The number of benzene rings is 1. The van der Waals surface area contributed by atoms with E-state index in [2.05, 4.69) is 0 Å². The van der Waals surface area contributed by atoms with Crippen molar-refractivity contribution in [1.82, 2.24) is 0 Å². The van der Waals surface area contributed by atoms with Gasteiger partial charge in [0, 0.05) is 11.1 Å². The molecule has 0 saturated carbocycles. The van der Waals surface area contributed by atoms with Crippen molar-refractivity contribution in [3.63, 3.8) is 0 Å². The molecule has 1 aromatic rings. The normalized spacial score (nSPS) is 30.5. The number of fused-ring (bicyclic) bond motifs is 3. The van der Waals surface area contributed by atoms with E-state index in [1.54, 1.807) is 0 Å². The van der Waals surface area contributed by atoms with Gasteiger partial charge in [-0.1, -0.05) is 0 Å². The Morgan fingerprint density at radius 3 is 2.70 bits per heavy atom. The lowest BCUT2D eigenvalue weighted by atomic mass is 9.70. The van der Waals surface area contributed by atoms with Gasteiger partial charge in [0.05, 0.1) is 19.4 Å². The molecule has 1 saturated heterocycles. The van der Waals surface area contributed by atoms with Gasteiger partial charge in [0.1, 0.15) is 11.4 Å². The summed E-state index contributed by atoms with van der Waals surface area (Å²) in [5.41, 5.74) is -1.34. The van der Waals surface area contributed by atoms with E-state index in [0.29, 0.717) is 5.75 Å². The van der Waals surface area contributed by atoms with Crippen molar-refractivity contribution in [2.75, 3.05) is 7.11 Å². The van der Waals surface area contributed by atoms with Crippen LogP contribution < -0.4 is 4.74 Å². The molecule has 2 aliphatic rings. The molecule has 4 nitrogen and oxygen atoms in total. The van der Waals surface area contributed by atoms with E-state index in [9.17, 15) is 18.4 Å². The predicted molar refractivity (Wildman–Crippen MR) is 63.8 cm³/mol. The molecule has 2 unspecified atom stereocenters. The van der Waals surface area contributed by atoms with Gasteiger partial charge in [-0.25, -0.2) is 0 Å². The number of Topliss-reactive ketones (excluding diaryl/α,β-unsaturated/α-hetero) is 1. The first kappa shape index (κ1) is 13.0. The van der Waals surface area contributed by atoms with E-state index in [1.807, 2.05) is 0 Å². The van der Waals surface area contributed by atoms with Crippen molar-refractivity contribution in [3.05, 3.63) is 29.3 Å². The Balaban J connectivity index is 2.28. The van der Waals surface area contributed by atoms with Gasteiger partial charge >= 0.3 is 11.9 Å². The molecule has 1 aromatic carbocycles. The molecular formula is C14H12F2O4. The summed E-state index contributed by atoms with van der Waals surface area (Å²) in [6, 6.07) is 4.21. The highest BCUT2D eigenvalue weighted by molar-refractivity contribution is 6.05. The molecule has 1 fully saturated rings. The van der Waals surface area contributed by atoms with Crippen molar-refractivity contribution in [1.29, 1.82) is 0 Å². The smallest absolute Gasteiger partial charge is 0.317 e. The van der Waals surface area contributed by atoms with E-state index in [-0.39, 0.29) is 11.1 Å². The summed E-state index contributed by atoms with van der Waals surface area (Å²) in [4.78, 5) is 23.4. The van der Waals surface area contributed by atoms with Crippen LogP contribution in [0.3, 0.4) is 0 Å². The summed E-state index contributed by atoms with van der Waals surface area (Å²) in [7, 11) is 1.43. The topological polar surface area (TPSA) is 52.6 Å². The Labute approximate surface area is 113 Å². The number of rotatable bonds is 1. The van der Waals surface area contributed by atoms with Crippen LogP contribution in [-0.2, 0) is 15.1 Å². The van der Waals surface area contributed by atoms with E-state index >= 15 is 0 Å². The quantitative estimate of drug-likeness (QED) is 0.742. The maximum absolute atomic E-state index is 14.2. The van der Waals surface area contributed by atoms with Gasteiger partial charge in [0.2, 0.25) is 5.78 Å². The van der Waals surface area contributed by atoms with Crippen LogP contribution in [0.4, 0.5) is 8.78 Å². The second-order valence-electron chi connectivity index (χ2n) is 5.20. The first-order valence-corrected chi connectivity index (χ1v) is 6.13. The van der Waals surface area contributed by atoms with Crippen molar-refractivity contribution in [2.24, 2.45) is 5.92 Å². The van der Waals surface area contributed by atoms with E-state index < -0.39 is 35.6 Å². The van der Waals surface area contributed by atoms with Crippen molar-refractivity contribution < 1.29 is 27.8 Å². The Kier molecular flexibility index (Phi) is 2.46. The molecule has 6 heteroatoms. The SMILES string of the molecule is COc1ccc2c(c1)C1(C)OC(=O)CC1C(F)(F)C2=O. The average Bonchev–Trinajstić information content (AvgIpc) is 2.73. The minimum absolute atomic E-state index is 0.121. The minimum atomic E-state index is -3.61. The first-order valence-electron chi connectivity index (χ1n) is 6.13. The van der Waals surface area contributed by atoms with Crippen LogP contribution in [0.2, 0.25) is 0 Å². The van der Waals surface area contributed by atoms with Gasteiger partial charge in [-0.2, -0.15) is 8.78 Å². The maximum atomic E-state index is 14.2. The Morgan fingerprint density at radius 2 is 2.05 bits per heavy atom. The molecule has 2 atom stereocenters. The number of esters is 1. The fraction of sp³-hybridized carbons (Fsp3) is 0.429. The molecule has 0 N–H and O–H groups in total. The maximum Gasteiger partial charge on any atom is 0.317 e. The summed E-state index contributed by atoms with van der Waals surface area (Å²) < 4.78 is 38.6. The van der Waals surface area contributed by atoms with Crippen LogP contribution in [0, 0.1) is 5.92 Å². The van der Waals surface area contributed by atoms with Crippen molar-refractivity contribution >= 4 is 11.8 Å². The first-order chi connectivity index (χ1) is 9.30. The number of alkyl halides is 2. The fourth-order valence-electron chi connectivity index (χ4n) is 3.02. The lowest BCUT2D eigenvalue weighted by molar-refractivity contribution is -0.153. The zero-order valence-corrected chi connectivity index (χ0v) is 10.9. The lowest BCUT2D eigenvalue weighted by Gasteiger charge is -2.39. The zero-order chi connectivity index (χ0) is 14.7. The molecule has 20 heavy (non-hydrogen) atoms. The van der Waals surface area contributed by atoms with Crippen molar-refractivity contribution in [3.8, 4) is 5.75 Å². The third-order valence-corrected chi connectivity index (χ3v) is 4.11. The van der Waals surface area contributed by atoms with Crippen molar-refractivity contribution in [2.45, 2.75) is 24.9 Å². The number of carbonyl (C=O) groups is 2. The number of hydrogen-bond donors (Lipinski definition) is 0. The van der Waals surface area contributed by atoms with Crippen LogP contribution in [0.1, 0.15) is 29.3 Å². The van der Waals surface area contributed by atoms with E-state index in [4.69, 9.17) is 9.47 Å². The number of ketones is 1. The molecule has 1 aliphatic heterocycles. The molecule has 3 rings (SSSR count). The molecule has 1 aliphatic carbocycles. The molecule has 0 radical (unpaired) electrons. The number of halogens is 2. The average molecular weight is 282 g/mol. The molecule has 106 valence electrons. The number of methoxy groups -OCH3 is 1. The minimum Gasteiger partial charge on any atom is -0.497 e. The number of carbonyl (C=O) groups excluding carboxylic acids is 2. The second-order valence-corrected chi connectivity index (χ2v) is 5.20. The summed E-state index contributed by atoms with van der Waals surface area (Å²) >= 11 is 0. The standard InChI is InChI=1S/C14H12F2O4/c1-13-9-5-7(19-2)3-4-8(9)12(18)14(15,16)10(13)6-11(17)20-13/h3-5,10H,6H2,1-2H3. The van der Waals surface area contributed by atoms with Gasteiger partial charge in [0.25, 0.3) is 0 Å². The van der Waals surface area contributed by atoms with E-state index in [0.717, 1.165) is 0 Å². The molecule has 0 spiro atoms. The molecular weight excluding hydrogens is 270 g/mol. The highest BCUT2D eigenvalue weighted by Gasteiger charge is 2.66. The second kappa shape index (κ2) is 3.77. The molecule has 0 amide bonds. The van der Waals surface area contributed by atoms with Gasteiger partial charge in [-0.3, -0.25) is 9.59 Å². The van der Waals surface area contributed by atoms with Gasteiger partial charge in [-0.15, -0.1) is 0 Å². The van der Waals surface area contributed by atoms with Crippen LogP contribution >= 0.6 is 0 Å². The highest BCUT2D eigenvalue weighted by Crippen LogP contribution is 2.54. The van der Waals surface area contributed by atoms with Gasteiger partial charge in [-0.05, 0) is 25.1 Å². The predicted octanol–water partition coefficient (Wildman–Crippen LogP) is 2.31. The van der Waals surface area contributed by atoms with Crippen LogP contribution in [-0.4, -0.2) is 24.8 Å². The third kappa shape index (κ3) is 1.44. The lowest BCUT2D eigenvalue weighted by Crippen LogP contribution is -2.51. The molecule has 0 aromatic heterocycles. The summed E-state index contributed by atoms with van der Waals surface area (Å²) in [5.74, 6) is -6.65. The molecule has 1 heterocycles. The monoisotopic (exact) mass is 282 g/mol. The zero-order valence-electron chi connectivity index (χ0n) is 10.9. The Morgan fingerprint density at radius 1 is 1.35 bits per heavy atom. The van der Waals surface area contributed by atoms with E-state index in [1.165, 1.54) is 32.2 Å². The Hall–Kier alpha value is -1.98. The summed E-state index contributed by atoms with van der Waals surface area (Å²) in [6.07, 6.45) is -0.466. The fourth-order valence-corrected chi connectivity index (χ4v) is 3.02. The van der Waals surface area contributed by atoms with Crippen LogP contribution in [0.25, 0.3) is 0 Å². The number of hydrogen-bond acceptors (Lipinski definition) is 4. The van der Waals surface area contributed by atoms with Gasteiger partial charge in [0.15, 0.2) is 0 Å². The largest absolute Gasteiger partial charge is 0.497 e. The van der Waals surface area contributed by atoms with Gasteiger partial charge < -0.3 is 9.47 Å². The van der Waals surface area contributed by atoms with Crippen LogP contribution in [0.5, 0.6) is 5.75 Å². The molecule has 0 bridgehead atoms. The number of ether oxygens (including phenoxy) is 2. The summed E-state index contributed by atoms with van der Waals surface area (Å²) in [6.45, 7) is 1.42.